The first kappa shape index (κ1) is 41.0. The number of aliphatic hydroxyl groups excluding tert-OH is 10. The normalized spacial score (nSPS) is 41.3. The number of carbonyl (C=O) groups excluding carboxylic acids is 2. The molecule has 3 aliphatic heterocycles. The zero-order valence-electron chi connectivity index (χ0n) is 27.8. The van der Waals surface area contributed by atoms with Crippen molar-refractivity contribution in [3.63, 3.8) is 0 Å². The third-order valence-electron chi connectivity index (χ3n) is 8.07. The zero-order valence-corrected chi connectivity index (χ0v) is 26.8. The third-order valence-corrected chi connectivity index (χ3v) is 8.07. The number of amides is 2. The Bertz CT molecular complexity index is 1240. The highest BCUT2D eigenvalue weighted by Crippen LogP contribution is 2.33. The van der Waals surface area contributed by atoms with E-state index in [2.05, 4.69) is 5.32 Å². The van der Waals surface area contributed by atoms with Crippen molar-refractivity contribution >= 4 is 23.8 Å². The number of hydrogen-bond acceptors (Lipinski definition) is 20. The quantitative estimate of drug-likeness (QED) is 0.0739. The minimum absolute atomic E-state index is 0.823. The molecule has 3 fully saturated rings. The molecule has 24 nitrogen and oxygen atoms in total. The molecule has 0 aromatic heterocycles. The van der Waals surface area contributed by atoms with E-state index < -0.39 is 154 Å². The second kappa shape index (κ2) is 18.3. The van der Waals surface area contributed by atoms with Crippen LogP contribution in [0.3, 0.4) is 0 Å². The molecule has 3 heterocycles. The Labute approximate surface area is 289 Å². The summed E-state index contributed by atoms with van der Waals surface area (Å²) in [5, 5.41) is 127. The smallest absolute Gasteiger partial charge is 0.335 e. The van der Waals surface area contributed by atoms with E-state index in [9.17, 15) is 80.5 Å². The molecule has 2 amide bonds. The van der Waals surface area contributed by atoms with E-state index in [0.717, 1.165) is 13.8 Å². The van der Waals surface area contributed by atoms with E-state index in [1.54, 1.807) is 0 Å². The summed E-state index contributed by atoms with van der Waals surface area (Å²) in [4.78, 5) is 47.8. The molecule has 0 bridgehead atoms. The van der Waals surface area contributed by atoms with Crippen LogP contribution in [0.5, 0.6) is 0 Å². The van der Waals surface area contributed by atoms with Crippen LogP contribution in [-0.4, -0.2) is 215 Å². The van der Waals surface area contributed by atoms with Gasteiger partial charge in [-0.15, -0.1) is 0 Å². The molecule has 0 aromatic rings. The van der Waals surface area contributed by atoms with Crippen molar-refractivity contribution in [3.8, 4) is 0 Å². The Morgan fingerprint density at radius 3 is 1.82 bits per heavy atom. The summed E-state index contributed by atoms with van der Waals surface area (Å²) in [5.74, 6) is -5.41. The molecule has 3 saturated heterocycles. The molecule has 12 unspecified atom stereocenters. The first-order valence-corrected chi connectivity index (χ1v) is 15.3. The molecule has 14 N–H and O–H groups in total. The topological polar surface area (TPSA) is 390 Å². The first-order valence-electron chi connectivity index (χ1n) is 15.8. The van der Waals surface area contributed by atoms with Gasteiger partial charge in [-0.05, 0) is 0 Å². The van der Waals surface area contributed by atoms with Gasteiger partial charge in [-0.2, -0.15) is 0 Å². The van der Waals surface area contributed by atoms with Crippen molar-refractivity contribution in [2.24, 2.45) is 0 Å². The van der Waals surface area contributed by atoms with Crippen molar-refractivity contribution in [2.45, 2.75) is 124 Å². The number of ether oxygens (including phenoxy) is 6. The molecule has 0 saturated carbocycles. The number of carboxylic acid groups (broad SMARTS) is 2. The lowest BCUT2D eigenvalue weighted by Crippen LogP contribution is -2.70. The van der Waals surface area contributed by atoms with E-state index in [-0.39, 0.29) is 0 Å². The Balaban J connectivity index is 1.94. The van der Waals surface area contributed by atoms with Crippen molar-refractivity contribution in [3.05, 3.63) is 0 Å². The van der Waals surface area contributed by atoms with Gasteiger partial charge in [-0.3, -0.25) is 9.59 Å². The Morgan fingerprint density at radius 2 is 1.29 bits per heavy atom. The second-order valence-electron chi connectivity index (χ2n) is 11.8. The van der Waals surface area contributed by atoms with Crippen LogP contribution in [0.15, 0.2) is 0 Å². The van der Waals surface area contributed by atoms with Gasteiger partial charge in [0, 0.05) is 20.4 Å². The highest BCUT2D eigenvalue weighted by molar-refractivity contribution is 5.74. The molecular formula is C27H44N2O22. The maximum absolute atomic E-state index is 12.4. The number of hydrogen-bond donors (Lipinski definition) is 14. The van der Waals surface area contributed by atoms with Crippen molar-refractivity contribution in [2.75, 3.05) is 19.7 Å². The summed E-state index contributed by atoms with van der Waals surface area (Å²) < 4.78 is 40.6. The van der Waals surface area contributed by atoms with E-state index in [0.29, 0.717) is 0 Å². The van der Waals surface area contributed by atoms with Crippen molar-refractivity contribution in [1.82, 2.24) is 10.6 Å². The van der Waals surface area contributed by atoms with Crippen LogP contribution < -0.4 is 10.6 Å². The Morgan fingerprint density at radius 1 is 0.725 bits per heavy atom. The van der Waals surface area contributed by atoms with E-state index >= 15 is 0 Å². The summed E-state index contributed by atoms with van der Waals surface area (Å²) in [6, 6.07) is -1.81. The molecule has 51 heavy (non-hydrogen) atoms. The van der Waals surface area contributed by atoms with Gasteiger partial charge in [0.05, 0.1) is 14.6 Å². The molecule has 294 valence electrons. The SMILES string of the molecule is [2H]C(NC(C)=O)C(O[C@@H]1OC(C(=O)O)[C@@H](O[C@@H]2OC(CO)[C@@H](O)C(O[C@@H]3OC(C(=O)O)[C@@H](O)C(O)C3O)C2NC(C)=O)C(O)C1O)[C@H](O)C(O)CO. The lowest BCUT2D eigenvalue weighted by atomic mass is 9.94. The van der Waals surface area contributed by atoms with Crippen molar-refractivity contribution < 1.29 is 110 Å². The number of aliphatic hydroxyl groups is 10. The molecule has 0 radical (unpaired) electrons. The predicted molar refractivity (Wildman–Crippen MR) is 154 cm³/mol. The number of nitrogens with one attached hydrogen (secondary N) is 2. The zero-order chi connectivity index (χ0) is 39.4. The van der Waals surface area contributed by atoms with Crippen LogP contribution in [0.2, 0.25) is 0 Å². The summed E-state index contributed by atoms with van der Waals surface area (Å²) in [7, 11) is 0. The third kappa shape index (κ3) is 10.0. The van der Waals surface area contributed by atoms with Gasteiger partial charge in [-0.25, -0.2) is 9.59 Å². The highest BCUT2D eigenvalue weighted by Gasteiger charge is 2.56. The lowest BCUT2D eigenvalue weighted by molar-refractivity contribution is -0.363. The van der Waals surface area contributed by atoms with Crippen molar-refractivity contribution in [1.29, 1.82) is 0 Å². The van der Waals surface area contributed by atoms with Gasteiger partial charge in [0.2, 0.25) is 11.8 Å². The minimum atomic E-state index is -2.35. The first-order chi connectivity index (χ1) is 24.2. The molecular weight excluding hydrogens is 704 g/mol. The van der Waals surface area contributed by atoms with Crippen LogP contribution in [0.1, 0.15) is 15.2 Å². The van der Waals surface area contributed by atoms with Gasteiger partial charge < -0.3 is 100 Å². The second-order valence-corrected chi connectivity index (χ2v) is 11.8. The molecule has 3 rings (SSSR count). The van der Waals surface area contributed by atoms with Gasteiger partial charge in [0.15, 0.2) is 31.1 Å². The fourth-order valence-electron chi connectivity index (χ4n) is 5.41. The van der Waals surface area contributed by atoms with E-state index in [1.165, 1.54) is 0 Å². The molecule has 19 atom stereocenters. The molecule has 0 aliphatic carbocycles. The maximum atomic E-state index is 12.4. The fraction of sp³-hybridized carbons (Fsp3) is 0.852. The molecule has 3 aliphatic rings. The predicted octanol–water partition coefficient (Wildman–Crippen LogP) is -9.00. The van der Waals surface area contributed by atoms with Gasteiger partial charge >= 0.3 is 11.9 Å². The van der Waals surface area contributed by atoms with Crippen LogP contribution in [-0.2, 0) is 47.6 Å². The number of aliphatic carboxylic acids is 2. The van der Waals surface area contributed by atoms with Crippen LogP contribution in [0, 0.1) is 0 Å². The molecule has 0 spiro atoms. The van der Waals surface area contributed by atoms with Gasteiger partial charge in [0.1, 0.15) is 79.3 Å². The Kier molecular flexibility index (Phi) is 14.7. The maximum Gasteiger partial charge on any atom is 0.335 e. The van der Waals surface area contributed by atoms with E-state index in [1.807, 2.05) is 5.32 Å². The van der Waals surface area contributed by atoms with Crippen LogP contribution in [0.4, 0.5) is 0 Å². The number of rotatable bonds is 15. The number of carboxylic acids is 2. The average molecular weight is 750 g/mol. The van der Waals surface area contributed by atoms with Gasteiger partial charge in [0.25, 0.3) is 0 Å². The summed E-state index contributed by atoms with van der Waals surface area (Å²) in [6.45, 7) is -2.09. The van der Waals surface area contributed by atoms with Crippen LogP contribution in [0.25, 0.3) is 0 Å². The highest BCUT2D eigenvalue weighted by atomic mass is 16.8. The molecule has 0 aromatic carbocycles. The summed E-state index contributed by atoms with van der Waals surface area (Å²) in [6.07, 6.45) is -36.1. The van der Waals surface area contributed by atoms with E-state index in [4.69, 9.17) is 29.8 Å². The Hall–Kier alpha value is -2.76. The van der Waals surface area contributed by atoms with Crippen LogP contribution >= 0.6 is 0 Å². The largest absolute Gasteiger partial charge is 0.479 e. The summed E-state index contributed by atoms with van der Waals surface area (Å²) in [5.41, 5.74) is 0. The average Bonchev–Trinajstić information content (AvgIpc) is 3.07. The molecule has 24 heteroatoms. The lowest BCUT2D eigenvalue weighted by Gasteiger charge is -2.49. The van der Waals surface area contributed by atoms with Gasteiger partial charge in [-0.1, -0.05) is 0 Å². The monoisotopic (exact) mass is 749 g/mol. The standard InChI is InChI=1S/C27H44N2O22/c1-6(32)28-3-9(12(35)8(34)4-30)46-26-18(41)16(39)20(22(51-26)24(44)45)49-25-11(29-7(2)33)19(13(36)10(5-31)47-25)48-27-17(40)14(37)15(38)21(50-27)23(42)43/h8-22,25-27,30-31,34-41H,3-5H2,1-2H3,(H,28,32)(H,29,33)(H,42,43)(H,44,45)/t8?,9?,10?,11?,12-,13-,14?,15+,16?,17?,18?,19?,20+,21?,22?,25+,26-,27-/m1/s1/i3D/t3?,8?,9?,10?,11?,12-,13-,14?,15+,16?,17?,18?,19?,20+,21?,22?,25+,26-,27-. The summed E-state index contributed by atoms with van der Waals surface area (Å²) >= 11 is 0. The minimum Gasteiger partial charge on any atom is -0.479 e. The fourth-order valence-corrected chi connectivity index (χ4v) is 5.41. The number of carbonyl (C=O) groups is 4.